The lowest BCUT2D eigenvalue weighted by Gasteiger charge is -2.43. The number of rotatable bonds is 10. The van der Waals surface area contributed by atoms with E-state index in [-0.39, 0.29) is 5.54 Å². The van der Waals surface area contributed by atoms with Gasteiger partial charge in [-0.3, -0.25) is 0 Å². The molecule has 0 fully saturated rings. The lowest BCUT2D eigenvalue weighted by Crippen LogP contribution is -2.71. The molecule has 0 aliphatic heterocycles. The minimum Gasteiger partial charge on any atom is -0.497 e. The first-order valence-corrected chi connectivity index (χ1v) is 16.6. The lowest BCUT2D eigenvalue weighted by atomic mass is 10.1. The predicted octanol–water partition coefficient (Wildman–Crippen LogP) is 6.19. The Bertz CT molecular complexity index is 1440. The highest BCUT2D eigenvalue weighted by Gasteiger charge is 2.55. The maximum absolute atomic E-state index is 6.26. The molecule has 43 heavy (non-hydrogen) atoms. The molecular weight excluding hydrogens is 556 g/mol. The van der Waals surface area contributed by atoms with Crippen LogP contribution in [0.1, 0.15) is 44.4 Å². The summed E-state index contributed by atoms with van der Waals surface area (Å²) in [5, 5.41) is 3.35. The first-order valence-electron chi connectivity index (χ1n) is 14.5. The van der Waals surface area contributed by atoms with Gasteiger partial charge in [-0.2, -0.15) is 0 Å². The number of aryl methyl sites for hydroxylation is 3. The van der Waals surface area contributed by atoms with Crippen molar-refractivity contribution in [2.24, 2.45) is 0 Å². The van der Waals surface area contributed by atoms with Crippen LogP contribution >= 0.6 is 0 Å². The summed E-state index contributed by atoms with van der Waals surface area (Å²) in [6, 6.07) is 12.8. The van der Waals surface area contributed by atoms with E-state index < -0.39 is 8.07 Å². The van der Waals surface area contributed by atoms with Gasteiger partial charge in [-0.25, -0.2) is 0 Å². The second-order valence-electron chi connectivity index (χ2n) is 11.4. The number of hydrogen-bond donors (Lipinski definition) is 0. The molecule has 1 aliphatic carbocycles. The Morgan fingerprint density at radius 3 is 0.884 bits per heavy atom. The maximum Gasteiger partial charge on any atom is 0.173 e. The molecule has 0 spiro atoms. The van der Waals surface area contributed by atoms with Gasteiger partial charge in [0.15, 0.2) is 8.07 Å². The molecule has 0 N–H and O–H groups in total. The zero-order valence-corrected chi connectivity index (χ0v) is 29.0. The van der Waals surface area contributed by atoms with Crippen LogP contribution in [0.3, 0.4) is 0 Å². The Hall–Kier alpha value is -3.84. The highest BCUT2D eigenvalue weighted by atomic mass is 28.3. The molecule has 0 heterocycles. The number of hydrogen-bond acceptors (Lipinski definition) is 6. The van der Waals surface area contributed by atoms with E-state index in [2.05, 4.69) is 66.7 Å². The quantitative estimate of drug-likeness (QED) is 0.204. The van der Waals surface area contributed by atoms with Gasteiger partial charge in [-0.05, 0) is 91.9 Å². The van der Waals surface area contributed by atoms with Crippen LogP contribution in [0.4, 0.5) is 0 Å². The summed E-state index contributed by atoms with van der Waals surface area (Å²) in [5.41, 5.74) is 8.42. The van der Waals surface area contributed by atoms with Gasteiger partial charge < -0.3 is 28.4 Å². The summed E-state index contributed by atoms with van der Waals surface area (Å²) in [6.45, 7) is 15.3. The van der Waals surface area contributed by atoms with E-state index >= 15 is 0 Å². The molecule has 7 heteroatoms. The minimum absolute atomic E-state index is 0.0394. The molecule has 0 amide bonds. The monoisotopic (exact) mass is 602 g/mol. The van der Waals surface area contributed by atoms with Gasteiger partial charge in [-0.15, -0.1) is 0 Å². The molecule has 0 unspecified atom stereocenters. The topological polar surface area (TPSA) is 55.4 Å². The fraction of sp³-hybridized carbons (Fsp3) is 0.389. The number of methoxy groups -OCH3 is 6. The van der Waals surface area contributed by atoms with E-state index in [4.69, 9.17) is 28.4 Å². The third-order valence-electron chi connectivity index (χ3n) is 9.47. The predicted molar refractivity (Wildman–Crippen MR) is 178 cm³/mol. The summed E-state index contributed by atoms with van der Waals surface area (Å²) in [4.78, 5) is 0. The average Bonchev–Trinajstić information content (AvgIpc) is 3.20. The van der Waals surface area contributed by atoms with Crippen molar-refractivity contribution in [3.8, 4) is 34.5 Å². The van der Waals surface area contributed by atoms with Crippen molar-refractivity contribution in [3.63, 3.8) is 0 Å². The molecule has 3 aromatic rings. The van der Waals surface area contributed by atoms with E-state index in [1.165, 1.54) is 22.3 Å². The van der Waals surface area contributed by atoms with E-state index in [1.54, 1.807) is 42.7 Å². The van der Waals surface area contributed by atoms with E-state index in [0.29, 0.717) is 0 Å². The SMILES string of the molecule is COc1cc(OC)c([Si](c2cc(C)c(OC)cc2OC)(c2cc(C)c(OC)cc2OC)C2C(C)=C(C)C(C)=C2C)cc1C. The molecule has 0 saturated heterocycles. The Morgan fingerprint density at radius 1 is 0.395 bits per heavy atom. The van der Waals surface area contributed by atoms with Crippen LogP contribution in [0.2, 0.25) is 5.54 Å². The summed E-state index contributed by atoms with van der Waals surface area (Å²) >= 11 is 0. The maximum atomic E-state index is 6.26. The molecule has 0 aromatic heterocycles. The minimum atomic E-state index is -3.26. The van der Waals surface area contributed by atoms with Crippen LogP contribution < -0.4 is 44.0 Å². The van der Waals surface area contributed by atoms with E-state index in [0.717, 1.165) is 66.7 Å². The number of benzene rings is 3. The van der Waals surface area contributed by atoms with Crippen molar-refractivity contribution in [2.45, 2.75) is 54.0 Å². The summed E-state index contributed by atoms with van der Waals surface area (Å²) in [7, 11) is 7.03. The van der Waals surface area contributed by atoms with Gasteiger partial charge >= 0.3 is 0 Å². The van der Waals surface area contributed by atoms with Crippen molar-refractivity contribution >= 4 is 23.6 Å². The van der Waals surface area contributed by atoms with Crippen molar-refractivity contribution in [2.75, 3.05) is 42.7 Å². The molecule has 0 radical (unpaired) electrons. The van der Waals surface area contributed by atoms with Gasteiger partial charge in [0.05, 0.1) is 42.7 Å². The van der Waals surface area contributed by atoms with Gasteiger partial charge in [-0.1, -0.05) is 29.3 Å². The third-order valence-corrected chi connectivity index (χ3v) is 14.9. The fourth-order valence-corrected chi connectivity index (χ4v) is 13.6. The van der Waals surface area contributed by atoms with E-state index in [1.807, 2.05) is 18.2 Å². The van der Waals surface area contributed by atoms with Crippen molar-refractivity contribution in [1.82, 2.24) is 0 Å². The first kappa shape index (κ1) is 32.1. The summed E-state index contributed by atoms with van der Waals surface area (Å²) < 4.78 is 36.2. The number of allylic oxidation sites excluding steroid dienone is 4. The Morgan fingerprint density at radius 2 is 0.651 bits per heavy atom. The van der Waals surface area contributed by atoms with Crippen molar-refractivity contribution < 1.29 is 28.4 Å². The molecule has 230 valence electrons. The van der Waals surface area contributed by atoms with Gasteiger partial charge in [0.2, 0.25) is 0 Å². The van der Waals surface area contributed by atoms with Crippen molar-refractivity contribution in [3.05, 3.63) is 75.4 Å². The molecule has 0 atom stereocenters. The molecule has 0 bridgehead atoms. The van der Waals surface area contributed by atoms with Crippen LogP contribution in [-0.2, 0) is 0 Å². The second kappa shape index (κ2) is 12.4. The van der Waals surface area contributed by atoms with Crippen LogP contribution in [0.5, 0.6) is 34.5 Å². The number of ether oxygens (including phenoxy) is 6. The Balaban J connectivity index is 2.42. The molecular formula is C36H46O6Si. The standard InChI is InChI=1S/C36H46O6Si/c1-20-14-33(30(40-11)17-27(20)37-8)43(36-25(6)23(4)24(5)26(36)7,34-15-21(2)28(38-9)18-31(34)41-12)35-16-22(3)29(39-10)19-32(35)42-13/h14-19,36H,1-13H3. The van der Waals surface area contributed by atoms with Crippen LogP contribution in [0.25, 0.3) is 0 Å². The zero-order valence-electron chi connectivity index (χ0n) is 28.0. The highest BCUT2D eigenvalue weighted by Crippen LogP contribution is 2.49. The average molecular weight is 603 g/mol. The van der Waals surface area contributed by atoms with Crippen LogP contribution in [-0.4, -0.2) is 50.7 Å². The van der Waals surface area contributed by atoms with Gasteiger partial charge in [0.25, 0.3) is 0 Å². The molecule has 6 nitrogen and oxygen atoms in total. The van der Waals surface area contributed by atoms with Gasteiger partial charge in [0.1, 0.15) is 34.5 Å². The molecule has 4 rings (SSSR count). The molecule has 3 aromatic carbocycles. The highest BCUT2D eigenvalue weighted by molar-refractivity contribution is 7.14. The first-order chi connectivity index (χ1) is 20.5. The van der Waals surface area contributed by atoms with E-state index in [9.17, 15) is 0 Å². The zero-order chi connectivity index (χ0) is 31.8. The van der Waals surface area contributed by atoms with Crippen LogP contribution in [0.15, 0.2) is 58.7 Å². The largest absolute Gasteiger partial charge is 0.497 e. The molecule has 1 aliphatic rings. The Labute approximate surface area is 258 Å². The second-order valence-corrected chi connectivity index (χ2v) is 15.2. The smallest absolute Gasteiger partial charge is 0.173 e. The lowest BCUT2D eigenvalue weighted by molar-refractivity contribution is 0.393. The van der Waals surface area contributed by atoms with Crippen LogP contribution in [0, 0.1) is 20.8 Å². The van der Waals surface area contributed by atoms with Gasteiger partial charge in [0, 0.05) is 23.7 Å². The normalized spacial score (nSPS) is 13.9. The Kier molecular flexibility index (Phi) is 9.26. The summed E-state index contributed by atoms with van der Waals surface area (Å²) in [6.07, 6.45) is 0. The molecule has 0 saturated carbocycles. The third kappa shape index (κ3) is 4.97. The summed E-state index contributed by atoms with van der Waals surface area (Å²) in [5.74, 6) is 4.63. The van der Waals surface area contributed by atoms with Crippen molar-refractivity contribution in [1.29, 1.82) is 0 Å². The fourth-order valence-electron chi connectivity index (χ4n) is 7.00.